The SMILES string of the molecule is CCOC(=O)c1[nH]c(C)c(C(=O)C(C)N(CC2CC2)S(=O)(=O)c2ccccc2)c1C. The molecule has 1 heterocycles. The highest BCUT2D eigenvalue weighted by Crippen LogP contribution is 2.33. The van der Waals surface area contributed by atoms with Crippen LogP contribution in [-0.2, 0) is 14.8 Å². The Hall–Kier alpha value is -2.45. The van der Waals surface area contributed by atoms with E-state index < -0.39 is 22.0 Å². The van der Waals surface area contributed by atoms with Crippen LogP contribution in [0.3, 0.4) is 0 Å². The highest BCUT2D eigenvalue weighted by atomic mass is 32.2. The molecule has 0 amide bonds. The number of Topliss-reactive ketones (excluding diaryl/α,β-unsaturated/α-hetero) is 1. The molecule has 1 unspecified atom stereocenters. The molecular formula is C22H28N2O5S. The number of benzene rings is 1. The molecule has 162 valence electrons. The molecule has 1 N–H and O–H groups in total. The van der Waals surface area contributed by atoms with E-state index >= 15 is 0 Å². The van der Waals surface area contributed by atoms with Crippen LogP contribution in [0.1, 0.15) is 58.8 Å². The summed E-state index contributed by atoms with van der Waals surface area (Å²) in [5.41, 5.74) is 1.57. The summed E-state index contributed by atoms with van der Waals surface area (Å²) in [5.74, 6) is -0.601. The second kappa shape index (κ2) is 8.73. The van der Waals surface area contributed by atoms with Crippen molar-refractivity contribution in [2.75, 3.05) is 13.2 Å². The third-order valence-corrected chi connectivity index (χ3v) is 7.41. The second-order valence-corrected chi connectivity index (χ2v) is 9.61. The molecule has 1 aromatic carbocycles. The molecule has 0 aliphatic heterocycles. The molecule has 7 nitrogen and oxygen atoms in total. The lowest BCUT2D eigenvalue weighted by Gasteiger charge is -2.28. The summed E-state index contributed by atoms with van der Waals surface area (Å²) >= 11 is 0. The van der Waals surface area contributed by atoms with Gasteiger partial charge in [-0.25, -0.2) is 13.2 Å². The summed E-state index contributed by atoms with van der Waals surface area (Å²) in [6, 6.07) is 7.26. The van der Waals surface area contributed by atoms with Crippen molar-refractivity contribution in [2.45, 2.75) is 51.5 Å². The molecule has 1 fully saturated rings. The summed E-state index contributed by atoms with van der Waals surface area (Å²) in [4.78, 5) is 28.7. The van der Waals surface area contributed by atoms with Crippen molar-refractivity contribution in [2.24, 2.45) is 5.92 Å². The average molecular weight is 433 g/mol. The number of nitrogens with one attached hydrogen (secondary N) is 1. The Balaban J connectivity index is 1.97. The van der Waals surface area contributed by atoms with Crippen LogP contribution in [0, 0.1) is 19.8 Å². The van der Waals surface area contributed by atoms with Gasteiger partial charge in [-0.1, -0.05) is 18.2 Å². The van der Waals surface area contributed by atoms with Gasteiger partial charge < -0.3 is 9.72 Å². The third-order valence-electron chi connectivity index (χ3n) is 5.46. The van der Waals surface area contributed by atoms with Gasteiger partial charge in [0.1, 0.15) is 5.69 Å². The molecule has 0 spiro atoms. The molecule has 0 saturated heterocycles. The first kappa shape index (κ1) is 22.2. The Morgan fingerprint density at radius 3 is 2.40 bits per heavy atom. The van der Waals surface area contributed by atoms with Gasteiger partial charge >= 0.3 is 5.97 Å². The first-order valence-corrected chi connectivity index (χ1v) is 11.6. The molecule has 0 radical (unpaired) electrons. The second-order valence-electron chi connectivity index (χ2n) is 7.72. The number of ketones is 1. The molecule has 0 bridgehead atoms. The Morgan fingerprint density at radius 2 is 1.83 bits per heavy atom. The van der Waals surface area contributed by atoms with Crippen molar-refractivity contribution in [1.82, 2.24) is 9.29 Å². The predicted molar refractivity (Wildman–Crippen MR) is 113 cm³/mol. The molecule has 1 aromatic heterocycles. The van der Waals surface area contributed by atoms with E-state index in [0.717, 1.165) is 12.8 Å². The lowest BCUT2D eigenvalue weighted by Crippen LogP contribution is -2.44. The van der Waals surface area contributed by atoms with Crippen molar-refractivity contribution in [3.05, 3.63) is 52.8 Å². The van der Waals surface area contributed by atoms with Gasteiger partial charge in [0.15, 0.2) is 5.78 Å². The maximum atomic E-state index is 13.4. The molecule has 1 aliphatic carbocycles. The Kier molecular flexibility index (Phi) is 6.47. The van der Waals surface area contributed by atoms with Crippen LogP contribution in [-0.4, -0.2) is 48.7 Å². The first-order valence-electron chi connectivity index (χ1n) is 10.2. The molecular weight excluding hydrogens is 404 g/mol. The number of ether oxygens (including phenoxy) is 1. The first-order chi connectivity index (χ1) is 14.2. The fourth-order valence-corrected chi connectivity index (χ4v) is 5.30. The summed E-state index contributed by atoms with van der Waals surface area (Å²) in [6.45, 7) is 7.22. The van der Waals surface area contributed by atoms with E-state index in [4.69, 9.17) is 4.74 Å². The maximum absolute atomic E-state index is 13.4. The van der Waals surface area contributed by atoms with Crippen LogP contribution >= 0.6 is 0 Å². The summed E-state index contributed by atoms with van der Waals surface area (Å²) in [5, 5.41) is 0. The molecule has 1 atom stereocenters. The van der Waals surface area contributed by atoms with Crippen LogP contribution in [0.15, 0.2) is 35.2 Å². The van der Waals surface area contributed by atoms with Gasteiger partial charge in [0, 0.05) is 17.8 Å². The molecule has 1 saturated carbocycles. The van der Waals surface area contributed by atoms with Crippen molar-refractivity contribution < 1.29 is 22.7 Å². The van der Waals surface area contributed by atoms with Crippen molar-refractivity contribution >= 4 is 21.8 Å². The number of rotatable bonds is 9. The van der Waals surface area contributed by atoms with E-state index in [1.165, 1.54) is 16.4 Å². The number of esters is 1. The number of nitrogens with zero attached hydrogens (tertiary/aromatic N) is 1. The quantitative estimate of drug-likeness (QED) is 0.483. The minimum Gasteiger partial charge on any atom is -0.461 e. The predicted octanol–water partition coefficient (Wildman–Crippen LogP) is 3.48. The number of hydrogen-bond donors (Lipinski definition) is 1. The molecule has 30 heavy (non-hydrogen) atoms. The molecule has 8 heteroatoms. The summed E-state index contributed by atoms with van der Waals surface area (Å²) in [6.07, 6.45) is 1.91. The number of hydrogen-bond acceptors (Lipinski definition) is 5. The zero-order chi connectivity index (χ0) is 22.1. The van der Waals surface area contributed by atoms with Crippen molar-refractivity contribution in [3.63, 3.8) is 0 Å². The van der Waals surface area contributed by atoms with Crippen LogP contribution < -0.4 is 0 Å². The van der Waals surface area contributed by atoms with Gasteiger partial charge in [-0.3, -0.25) is 4.79 Å². The Labute approximate surface area is 177 Å². The number of sulfonamides is 1. The zero-order valence-corrected chi connectivity index (χ0v) is 18.6. The van der Waals surface area contributed by atoms with E-state index in [-0.39, 0.29) is 28.9 Å². The lowest BCUT2D eigenvalue weighted by molar-refractivity contribution is 0.0519. The topological polar surface area (TPSA) is 96.5 Å². The van der Waals surface area contributed by atoms with Crippen LogP contribution in [0.4, 0.5) is 0 Å². The molecule has 3 rings (SSSR count). The van der Waals surface area contributed by atoms with E-state index in [2.05, 4.69) is 4.98 Å². The lowest BCUT2D eigenvalue weighted by atomic mass is 10.0. The van der Waals surface area contributed by atoms with Gasteiger partial charge in [0.2, 0.25) is 10.0 Å². The van der Waals surface area contributed by atoms with Gasteiger partial charge in [-0.15, -0.1) is 0 Å². The fraction of sp³-hybridized carbons (Fsp3) is 0.455. The zero-order valence-electron chi connectivity index (χ0n) is 17.8. The Morgan fingerprint density at radius 1 is 1.20 bits per heavy atom. The van der Waals surface area contributed by atoms with Crippen LogP contribution in [0.25, 0.3) is 0 Å². The highest BCUT2D eigenvalue weighted by Gasteiger charge is 2.39. The highest BCUT2D eigenvalue weighted by molar-refractivity contribution is 7.89. The minimum absolute atomic E-state index is 0.167. The van der Waals surface area contributed by atoms with Gasteiger partial charge in [-0.05, 0) is 64.2 Å². The van der Waals surface area contributed by atoms with E-state index in [0.29, 0.717) is 23.4 Å². The van der Waals surface area contributed by atoms with Crippen molar-refractivity contribution in [1.29, 1.82) is 0 Å². The summed E-state index contributed by atoms with van der Waals surface area (Å²) < 4.78 is 33.0. The number of carbonyl (C=O) groups excluding carboxylic acids is 2. The number of H-pyrrole nitrogens is 1. The van der Waals surface area contributed by atoms with Gasteiger partial charge in [0.05, 0.1) is 17.5 Å². The largest absolute Gasteiger partial charge is 0.461 e. The molecule has 1 aliphatic rings. The fourth-order valence-electron chi connectivity index (χ4n) is 3.61. The number of carbonyl (C=O) groups is 2. The molecule has 2 aromatic rings. The van der Waals surface area contributed by atoms with E-state index in [9.17, 15) is 18.0 Å². The standard InChI is InChI=1S/C22H28N2O5S/c1-5-29-22(26)20-14(2)19(15(3)23-20)21(25)16(4)24(13-17-11-12-17)30(27,28)18-9-7-6-8-10-18/h6-10,16-17,23H,5,11-13H2,1-4H3. The number of aromatic amines is 1. The van der Waals surface area contributed by atoms with Crippen LogP contribution in [0.2, 0.25) is 0 Å². The van der Waals surface area contributed by atoms with E-state index in [1.54, 1.807) is 45.9 Å². The number of aryl methyl sites for hydroxylation is 1. The van der Waals surface area contributed by atoms with Gasteiger partial charge in [-0.2, -0.15) is 4.31 Å². The maximum Gasteiger partial charge on any atom is 0.355 e. The monoisotopic (exact) mass is 432 g/mol. The van der Waals surface area contributed by atoms with E-state index in [1.807, 2.05) is 0 Å². The average Bonchev–Trinajstić information content (AvgIpc) is 3.49. The van der Waals surface area contributed by atoms with Crippen LogP contribution in [0.5, 0.6) is 0 Å². The third kappa shape index (κ3) is 4.34. The smallest absolute Gasteiger partial charge is 0.355 e. The Bertz CT molecular complexity index is 1040. The summed E-state index contributed by atoms with van der Waals surface area (Å²) in [7, 11) is -3.84. The van der Waals surface area contributed by atoms with Crippen molar-refractivity contribution in [3.8, 4) is 0 Å². The minimum atomic E-state index is -3.84. The normalized spacial score (nSPS) is 15.2. The van der Waals surface area contributed by atoms with Gasteiger partial charge in [0.25, 0.3) is 0 Å². The number of aromatic nitrogens is 1.